The molecule has 0 bridgehead atoms. The first-order chi connectivity index (χ1) is 8.07. The molecule has 0 unspecified atom stereocenters. The third kappa shape index (κ3) is 3.66. The van der Waals surface area contributed by atoms with Gasteiger partial charge in [-0.1, -0.05) is 6.07 Å². The molecule has 0 aromatic heterocycles. The Morgan fingerprint density at radius 1 is 1.35 bits per heavy atom. The van der Waals surface area contributed by atoms with Gasteiger partial charge in [0.25, 0.3) is 5.91 Å². The molecule has 0 aliphatic heterocycles. The number of benzene rings is 1. The van der Waals surface area contributed by atoms with Gasteiger partial charge in [-0.2, -0.15) is 0 Å². The predicted octanol–water partition coefficient (Wildman–Crippen LogP) is 3.02. The van der Waals surface area contributed by atoms with E-state index < -0.39 is 23.1 Å². The second-order valence-electron chi connectivity index (χ2n) is 3.71. The number of hydrogen-bond acceptors (Lipinski definition) is 1. The number of aryl methyl sites for hydroxylation is 1. The SMILES string of the molecule is Cc1ccc(F)c(C(=O)NCCCCCl)c1F. The van der Waals surface area contributed by atoms with E-state index in [0.29, 0.717) is 18.8 Å². The Morgan fingerprint density at radius 3 is 2.71 bits per heavy atom. The van der Waals surface area contributed by atoms with Crippen molar-refractivity contribution in [3.8, 4) is 0 Å². The van der Waals surface area contributed by atoms with Crippen LogP contribution in [0.2, 0.25) is 0 Å². The number of carbonyl (C=O) groups is 1. The average molecular weight is 262 g/mol. The lowest BCUT2D eigenvalue weighted by Gasteiger charge is -2.08. The zero-order valence-corrected chi connectivity index (χ0v) is 10.3. The molecule has 0 fully saturated rings. The van der Waals surface area contributed by atoms with Crippen molar-refractivity contribution in [2.24, 2.45) is 0 Å². The quantitative estimate of drug-likeness (QED) is 0.641. The van der Waals surface area contributed by atoms with Crippen LogP contribution < -0.4 is 5.32 Å². The van der Waals surface area contributed by atoms with Gasteiger partial charge < -0.3 is 5.32 Å². The summed E-state index contributed by atoms with van der Waals surface area (Å²) < 4.78 is 26.9. The molecule has 1 rings (SSSR count). The second-order valence-corrected chi connectivity index (χ2v) is 4.08. The highest BCUT2D eigenvalue weighted by atomic mass is 35.5. The van der Waals surface area contributed by atoms with Crippen molar-refractivity contribution in [1.29, 1.82) is 0 Å². The van der Waals surface area contributed by atoms with Crippen molar-refractivity contribution in [3.63, 3.8) is 0 Å². The standard InChI is InChI=1S/C12H14ClF2NO/c1-8-4-5-9(14)10(11(8)15)12(17)16-7-3-2-6-13/h4-5H,2-3,6-7H2,1H3,(H,16,17). The fourth-order valence-corrected chi connectivity index (χ4v) is 1.56. The fourth-order valence-electron chi connectivity index (χ4n) is 1.37. The molecule has 1 amide bonds. The summed E-state index contributed by atoms with van der Waals surface area (Å²) in [7, 11) is 0. The van der Waals surface area contributed by atoms with Gasteiger partial charge in [0.05, 0.1) is 0 Å². The molecule has 0 atom stereocenters. The largest absolute Gasteiger partial charge is 0.352 e. The van der Waals surface area contributed by atoms with Crippen LogP contribution in [0.25, 0.3) is 0 Å². The molecule has 0 heterocycles. The van der Waals surface area contributed by atoms with E-state index in [2.05, 4.69) is 5.32 Å². The van der Waals surface area contributed by atoms with Crippen LogP contribution in [0.3, 0.4) is 0 Å². The molecule has 1 aromatic carbocycles. The van der Waals surface area contributed by atoms with Crippen LogP contribution >= 0.6 is 11.6 Å². The molecule has 2 nitrogen and oxygen atoms in total. The summed E-state index contributed by atoms with van der Waals surface area (Å²) in [5.74, 6) is -1.87. The highest BCUT2D eigenvalue weighted by Crippen LogP contribution is 2.16. The van der Waals surface area contributed by atoms with Crippen LogP contribution in [0.1, 0.15) is 28.8 Å². The number of nitrogens with one attached hydrogen (secondary N) is 1. The molecule has 0 saturated heterocycles. The van der Waals surface area contributed by atoms with Crippen molar-refractivity contribution in [3.05, 3.63) is 34.9 Å². The van der Waals surface area contributed by atoms with Gasteiger partial charge in [0.1, 0.15) is 17.2 Å². The van der Waals surface area contributed by atoms with Crippen LogP contribution in [0.15, 0.2) is 12.1 Å². The number of amides is 1. The van der Waals surface area contributed by atoms with Gasteiger partial charge >= 0.3 is 0 Å². The van der Waals surface area contributed by atoms with E-state index in [0.717, 1.165) is 12.5 Å². The van der Waals surface area contributed by atoms with E-state index in [4.69, 9.17) is 11.6 Å². The Balaban J connectivity index is 2.72. The van der Waals surface area contributed by atoms with Crippen LogP contribution in [0.5, 0.6) is 0 Å². The number of hydrogen-bond donors (Lipinski definition) is 1. The lowest BCUT2D eigenvalue weighted by atomic mass is 10.1. The minimum atomic E-state index is -0.844. The van der Waals surface area contributed by atoms with E-state index in [1.54, 1.807) is 0 Å². The normalized spacial score (nSPS) is 10.4. The van der Waals surface area contributed by atoms with Gasteiger partial charge in [0.2, 0.25) is 0 Å². The molecular formula is C12H14ClF2NO. The lowest BCUT2D eigenvalue weighted by molar-refractivity contribution is 0.0944. The molecule has 1 aromatic rings. The van der Waals surface area contributed by atoms with Crippen LogP contribution in [-0.4, -0.2) is 18.3 Å². The molecule has 0 aliphatic rings. The molecule has 1 N–H and O–H groups in total. The Morgan fingerprint density at radius 2 is 2.06 bits per heavy atom. The third-order valence-electron chi connectivity index (χ3n) is 2.36. The molecule has 0 saturated carbocycles. The maximum atomic E-state index is 13.6. The summed E-state index contributed by atoms with van der Waals surface area (Å²) in [5.41, 5.74) is -0.270. The topological polar surface area (TPSA) is 29.1 Å². The van der Waals surface area contributed by atoms with Gasteiger partial charge in [0.15, 0.2) is 0 Å². The van der Waals surface area contributed by atoms with Crippen molar-refractivity contribution >= 4 is 17.5 Å². The Bertz CT molecular complexity index is 410. The molecule has 0 radical (unpaired) electrons. The number of halogens is 3. The number of carbonyl (C=O) groups excluding carboxylic acids is 1. The van der Waals surface area contributed by atoms with E-state index in [1.165, 1.54) is 13.0 Å². The van der Waals surface area contributed by atoms with Gasteiger partial charge in [-0.25, -0.2) is 8.78 Å². The van der Waals surface area contributed by atoms with Crippen molar-refractivity contribution in [1.82, 2.24) is 5.32 Å². The maximum Gasteiger partial charge on any atom is 0.257 e. The van der Waals surface area contributed by atoms with Crippen LogP contribution in [0.4, 0.5) is 8.78 Å². The zero-order valence-electron chi connectivity index (χ0n) is 9.53. The van der Waals surface area contributed by atoms with E-state index in [9.17, 15) is 13.6 Å². The maximum absolute atomic E-state index is 13.6. The number of alkyl halides is 1. The summed E-state index contributed by atoms with van der Waals surface area (Å²) in [6.45, 7) is 1.84. The molecular weight excluding hydrogens is 248 g/mol. The summed E-state index contributed by atoms with van der Waals surface area (Å²) in [6, 6.07) is 2.39. The molecule has 5 heteroatoms. The van der Waals surface area contributed by atoms with Crippen molar-refractivity contribution in [2.75, 3.05) is 12.4 Å². The molecule has 94 valence electrons. The first kappa shape index (κ1) is 13.9. The first-order valence-corrected chi connectivity index (χ1v) is 5.90. The van der Waals surface area contributed by atoms with Gasteiger partial charge in [-0.05, 0) is 31.4 Å². The number of rotatable bonds is 5. The Labute approximate surface area is 104 Å². The van der Waals surface area contributed by atoms with E-state index in [1.807, 2.05) is 0 Å². The Hall–Kier alpha value is -1.16. The predicted molar refractivity (Wildman–Crippen MR) is 63.4 cm³/mol. The monoisotopic (exact) mass is 261 g/mol. The molecule has 17 heavy (non-hydrogen) atoms. The average Bonchev–Trinajstić information content (AvgIpc) is 2.30. The summed E-state index contributed by atoms with van der Waals surface area (Å²) in [5, 5.41) is 2.47. The first-order valence-electron chi connectivity index (χ1n) is 5.36. The highest BCUT2D eigenvalue weighted by Gasteiger charge is 2.18. The third-order valence-corrected chi connectivity index (χ3v) is 2.62. The van der Waals surface area contributed by atoms with Crippen LogP contribution in [-0.2, 0) is 0 Å². The smallest absolute Gasteiger partial charge is 0.257 e. The second kappa shape index (κ2) is 6.55. The molecule has 0 spiro atoms. The summed E-state index contributed by atoms with van der Waals surface area (Å²) in [6.07, 6.45) is 1.44. The van der Waals surface area contributed by atoms with E-state index in [-0.39, 0.29) is 5.56 Å². The highest BCUT2D eigenvalue weighted by molar-refractivity contribution is 6.17. The Kier molecular flexibility index (Phi) is 5.35. The van der Waals surface area contributed by atoms with Crippen LogP contribution in [0, 0.1) is 18.6 Å². The lowest BCUT2D eigenvalue weighted by Crippen LogP contribution is -2.26. The minimum Gasteiger partial charge on any atom is -0.352 e. The minimum absolute atomic E-state index is 0.248. The van der Waals surface area contributed by atoms with Gasteiger partial charge in [0, 0.05) is 12.4 Å². The summed E-state index contributed by atoms with van der Waals surface area (Å²) >= 11 is 5.47. The molecule has 0 aliphatic carbocycles. The van der Waals surface area contributed by atoms with Crippen molar-refractivity contribution < 1.29 is 13.6 Å². The van der Waals surface area contributed by atoms with Gasteiger partial charge in [-0.3, -0.25) is 4.79 Å². The summed E-state index contributed by atoms with van der Waals surface area (Å²) in [4.78, 5) is 11.6. The zero-order chi connectivity index (χ0) is 12.8. The number of unbranched alkanes of at least 4 members (excludes halogenated alkanes) is 1. The van der Waals surface area contributed by atoms with Crippen molar-refractivity contribution in [2.45, 2.75) is 19.8 Å². The van der Waals surface area contributed by atoms with Gasteiger partial charge in [-0.15, -0.1) is 11.6 Å². The fraction of sp³-hybridized carbons (Fsp3) is 0.417. The van der Waals surface area contributed by atoms with E-state index >= 15 is 0 Å².